The summed E-state index contributed by atoms with van der Waals surface area (Å²) in [6, 6.07) is 14.1. The molecule has 1 heterocycles. The Kier molecular flexibility index (Phi) is 6.63. The molecule has 34 heavy (non-hydrogen) atoms. The summed E-state index contributed by atoms with van der Waals surface area (Å²) in [4.78, 5) is 3.71. The van der Waals surface area contributed by atoms with Gasteiger partial charge in [0.25, 0.3) is 0 Å². The number of aromatic nitrogens is 1. The molecule has 0 atom stereocenters. The van der Waals surface area contributed by atoms with Crippen LogP contribution in [-0.4, -0.2) is 4.98 Å². The highest BCUT2D eigenvalue weighted by molar-refractivity contribution is 5.91. The van der Waals surface area contributed by atoms with Crippen molar-refractivity contribution in [2.45, 2.75) is 78.6 Å². The van der Waals surface area contributed by atoms with Gasteiger partial charge < -0.3 is 4.98 Å². The molecule has 176 valence electrons. The Morgan fingerprint density at radius 3 is 2.44 bits per heavy atom. The monoisotopic (exact) mass is 449 g/mol. The van der Waals surface area contributed by atoms with E-state index in [1.165, 1.54) is 99.7 Å². The van der Waals surface area contributed by atoms with Crippen molar-refractivity contribution in [1.82, 2.24) is 4.98 Å². The highest BCUT2D eigenvalue weighted by Gasteiger charge is 2.18. The number of aryl methyl sites for hydroxylation is 3. The number of H-pyrrole nitrogens is 1. The highest BCUT2D eigenvalue weighted by atomic mass is 14.7. The highest BCUT2D eigenvalue weighted by Crippen LogP contribution is 2.38. The van der Waals surface area contributed by atoms with Crippen LogP contribution >= 0.6 is 0 Å². The zero-order chi connectivity index (χ0) is 23.7. The average Bonchev–Trinajstić information content (AvgIpc) is 3.45. The fourth-order valence-corrected chi connectivity index (χ4v) is 6.32. The molecule has 0 unspecified atom stereocenters. The minimum absolute atomic E-state index is 0.876. The molecular weight excluding hydrogens is 410 g/mol. The molecule has 1 heteroatoms. The Labute approximate surface area is 205 Å². The molecular formula is C33H39N. The Morgan fingerprint density at radius 2 is 1.71 bits per heavy atom. The SMILES string of the molecule is C=C(CC1=CCC=C1c1cc2cc(CC3CCCCC3)ccc2[nH]1)c1c(C)cc(CC)cc1C. The van der Waals surface area contributed by atoms with Crippen LogP contribution in [0.15, 0.2) is 60.7 Å². The third-order valence-corrected chi connectivity index (χ3v) is 8.01. The minimum Gasteiger partial charge on any atom is -0.355 e. The van der Waals surface area contributed by atoms with Crippen molar-refractivity contribution < 1.29 is 0 Å². The lowest BCUT2D eigenvalue weighted by Gasteiger charge is -2.21. The Balaban J connectivity index is 1.34. The van der Waals surface area contributed by atoms with Crippen LogP contribution < -0.4 is 0 Å². The summed E-state index contributed by atoms with van der Waals surface area (Å²) < 4.78 is 0. The maximum atomic E-state index is 4.53. The van der Waals surface area contributed by atoms with E-state index in [1.807, 2.05) is 0 Å². The van der Waals surface area contributed by atoms with E-state index in [2.05, 4.69) is 80.9 Å². The first-order valence-electron chi connectivity index (χ1n) is 13.3. The van der Waals surface area contributed by atoms with Gasteiger partial charge in [-0.15, -0.1) is 0 Å². The molecule has 0 spiro atoms. The van der Waals surface area contributed by atoms with Gasteiger partial charge in [-0.25, -0.2) is 0 Å². The molecule has 2 aliphatic rings. The molecule has 1 aromatic heterocycles. The number of hydrogen-bond acceptors (Lipinski definition) is 0. The van der Waals surface area contributed by atoms with Crippen molar-refractivity contribution >= 4 is 22.0 Å². The van der Waals surface area contributed by atoms with Gasteiger partial charge in [0.2, 0.25) is 0 Å². The summed E-state index contributed by atoms with van der Waals surface area (Å²) >= 11 is 0. The number of nitrogens with one attached hydrogen (secondary N) is 1. The second-order valence-electron chi connectivity index (χ2n) is 10.6. The van der Waals surface area contributed by atoms with Crippen LogP contribution in [0.4, 0.5) is 0 Å². The molecule has 2 aromatic carbocycles. The van der Waals surface area contributed by atoms with Crippen LogP contribution in [0.3, 0.4) is 0 Å². The summed E-state index contributed by atoms with van der Waals surface area (Å²) in [5, 5.41) is 1.34. The number of rotatable bonds is 7. The van der Waals surface area contributed by atoms with E-state index in [1.54, 1.807) is 0 Å². The molecule has 3 aromatic rings. The van der Waals surface area contributed by atoms with Gasteiger partial charge in [-0.1, -0.05) is 76.0 Å². The van der Waals surface area contributed by atoms with Gasteiger partial charge in [-0.2, -0.15) is 0 Å². The largest absolute Gasteiger partial charge is 0.355 e. The molecule has 1 nitrogen and oxygen atoms in total. The number of allylic oxidation sites excluding steroid dienone is 5. The lowest BCUT2D eigenvalue weighted by atomic mass is 9.85. The standard InChI is InChI=1S/C33H39N/c1-5-25-16-22(2)33(23(3)17-25)24(4)18-28-12-9-13-30(28)32-21-29-20-27(14-15-31(29)34-32)19-26-10-7-6-8-11-26/h12-17,20-21,26,34H,4-11,18-19H2,1-3H3. The second kappa shape index (κ2) is 9.82. The quantitative estimate of drug-likeness (QED) is 0.370. The predicted molar refractivity (Wildman–Crippen MR) is 148 cm³/mol. The molecule has 0 aliphatic heterocycles. The zero-order valence-corrected chi connectivity index (χ0v) is 21.3. The van der Waals surface area contributed by atoms with Crippen molar-refractivity contribution in [3.63, 3.8) is 0 Å². The molecule has 1 fully saturated rings. The first-order chi connectivity index (χ1) is 16.5. The molecule has 2 aliphatic carbocycles. The van der Waals surface area contributed by atoms with E-state index in [9.17, 15) is 0 Å². The summed E-state index contributed by atoms with van der Waals surface area (Å²) in [6.07, 6.45) is 16.0. The lowest BCUT2D eigenvalue weighted by molar-refractivity contribution is 0.357. The fourth-order valence-electron chi connectivity index (χ4n) is 6.32. The van der Waals surface area contributed by atoms with Crippen LogP contribution in [0.2, 0.25) is 0 Å². The number of fused-ring (bicyclic) bond motifs is 1. The molecule has 1 N–H and O–H groups in total. The van der Waals surface area contributed by atoms with E-state index in [4.69, 9.17) is 0 Å². The first-order valence-corrected chi connectivity index (χ1v) is 13.3. The van der Waals surface area contributed by atoms with Crippen molar-refractivity contribution in [2.75, 3.05) is 0 Å². The van der Waals surface area contributed by atoms with E-state index in [-0.39, 0.29) is 0 Å². The topological polar surface area (TPSA) is 15.8 Å². The molecule has 0 saturated heterocycles. The lowest BCUT2D eigenvalue weighted by Crippen LogP contribution is -2.09. The zero-order valence-electron chi connectivity index (χ0n) is 21.3. The Hall–Kier alpha value is -2.80. The van der Waals surface area contributed by atoms with E-state index in [0.29, 0.717) is 0 Å². The Bertz CT molecular complexity index is 1250. The third-order valence-electron chi connectivity index (χ3n) is 8.01. The summed E-state index contributed by atoms with van der Waals surface area (Å²) in [5.41, 5.74) is 13.4. The van der Waals surface area contributed by atoms with Gasteiger partial charge in [0.15, 0.2) is 0 Å². The van der Waals surface area contributed by atoms with Gasteiger partial charge in [0.1, 0.15) is 0 Å². The first kappa shape index (κ1) is 23.0. The minimum atomic E-state index is 0.876. The molecule has 0 amide bonds. The van der Waals surface area contributed by atoms with Gasteiger partial charge in [0, 0.05) is 16.6 Å². The molecule has 5 rings (SSSR count). The number of benzene rings is 2. The second-order valence-corrected chi connectivity index (χ2v) is 10.6. The van der Waals surface area contributed by atoms with Crippen LogP contribution in [0, 0.1) is 19.8 Å². The van der Waals surface area contributed by atoms with Crippen LogP contribution in [-0.2, 0) is 12.8 Å². The van der Waals surface area contributed by atoms with Crippen molar-refractivity contribution in [1.29, 1.82) is 0 Å². The van der Waals surface area contributed by atoms with Crippen molar-refractivity contribution in [3.8, 4) is 0 Å². The number of aromatic amines is 1. The predicted octanol–water partition coefficient (Wildman–Crippen LogP) is 9.29. The van der Waals surface area contributed by atoms with Gasteiger partial charge in [-0.05, 0) is 108 Å². The number of hydrogen-bond donors (Lipinski definition) is 1. The summed E-state index contributed by atoms with van der Waals surface area (Å²) in [6.45, 7) is 11.2. The van der Waals surface area contributed by atoms with Crippen LogP contribution in [0.5, 0.6) is 0 Å². The average molecular weight is 450 g/mol. The normalized spacial score (nSPS) is 16.7. The van der Waals surface area contributed by atoms with E-state index in [0.717, 1.165) is 25.2 Å². The van der Waals surface area contributed by atoms with Crippen molar-refractivity contribution in [2.24, 2.45) is 5.92 Å². The molecule has 0 radical (unpaired) electrons. The smallest absolute Gasteiger partial charge is 0.0464 e. The Morgan fingerprint density at radius 1 is 0.941 bits per heavy atom. The van der Waals surface area contributed by atoms with Gasteiger partial charge in [-0.3, -0.25) is 0 Å². The fraction of sp³-hybridized carbons (Fsp3) is 0.394. The van der Waals surface area contributed by atoms with Gasteiger partial charge >= 0.3 is 0 Å². The van der Waals surface area contributed by atoms with Crippen LogP contribution in [0.25, 0.3) is 22.0 Å². The maximum absolute atomic E-state index is 4.53. The summed E-state index contributed by atoms with van der Waals surface area (Å²) in [5.74, 6) is 0.876. The van der Waals surface area contributed by atoms with E-state index >= 15 is 0 Å². The summed E-state index contributed by atoms with van der Waals surface area (Å²) in [7, 11) is 0. The molecule has 0 bridgehead atoms. The van der Waals surface area contributed by atoms with Crippen molar-refractivity contribution in [3.05, 3.63) is 94.2 Å². The molecule has 1 saturated carbocycles. The van der Waals surface area contributed by atoms with Crippen LogP contribution in [0.1, 0.15) is 85.4 Å². The third kappa shape index (κ3) is 4.71. The van der Waals surface area contributed by atoms with Gasteiger partial charge in [0.05, 0.1) is 0 Å². The maximum Gasteiger partial charge on any atom is 0.0464 e. The van der Waals surface area contributed by atoms with E-state index < -0.39 is 0 Å².